The predicted molar refractivity (Wildman–Crippen MR) is 78.0 cm³/mol. The van der Waals surface area contributed by atoms with E-state index in [0.29, 0.717) is 12.6 Å². The summed E-state index contributed by atoms with van der Waals surface area (Å²) < 4.78 is 11.0. The van der Waals surface area contributed by atoms with Crippen LogP contribution in [-0.2, 0) is 6.54 Å². The average molecular weight is 274 g/mol. The van der Waals surface area contributed by atoms with E-state index in [2.05, 4.69) is 25.2 Å². The smallest absolute Gasteiger partial charge is 0.165 e. The van der Waals surface area contributed by atoms with Gasteiger partial charge < -0.3 is 14.8 Å². The number of halogens is 1. The van der Waals surface area contributed by atoms with Gasteiger partial charge in [-0.25, -0.2) is 0 Å². The molecule has 0 aliphatic heterocycles. The highest BCUT2D eigenvalue weighted by atomic mass is 35.5. The fraction of sp³-hybridized carbons (Fsp3) is 0.571. The highest BCUT2D eigenvalue weighted by Gasteiger charge is 2.10. The Morgan fingerprint density at radius 3 is 2.56 bits per heavy atom. The molecular weight excluding hydrogens is 250 g/mol. The third-order valence-corrected chi connectivity index (χ3v) is 2.82. The normalized spacial score (nSPS) is 11.6. The van der Waals surface area contributed by atoms with E-state index in [4.69, 9.17) is 9.47 Å². The molecule has 0 aromatic heterocycles. The lowest BCUT2D eigenvalue weighted by atomic mass is 10.1. The van der Waals surface area contributed by atoms with E-state index >= 15 is 0 Å². The molecule has 1 atom stereocenters. The number of hydrogen-bond donors (Lipinski definition) is 1. The van der Waals surface area contributed by atoms with Gasteiger partial charge in [-0.3, -0.25) is 0 Å². The first-order valence-corrected chi connectivity index (χ1v) is 6.24. The second-order valence-corrected chi connectivity index (χ2v) is 4.07. The van der Waals surface area contributed by atoms with Crippen molar-refractivity contribution in [3.63, 3.8) is 0 Å². The molecule has 0 saturated heterocycles. The zero-order chi connectivity index (χ0) is 12.7. The molecule has 0 bridgehead atoms. The van der Waals surface area contributed by atoms with Gasteiger partial charge in [-0.1, -0.05) is 19.1 Å². The van der Waals surface area contributed by atoms with Gasteiger partial charge >= 0.3 is 0 Å². The molecule has 18 heavy (non-hydrogen) atoms. The van der Waals surface area contributed by atoms with Gasteiger partial charge in [0.2, 0.25) is 0 Å². The molecule has 3 nitrogen and oxygen atoms in total. The molecule has 0 spiro atoms. The summed E-state index contributed by atoms with van der Waals surface area (Å²) in [6.07, 6.45) is 1.12. The number of rotatable bonds is 7. The van der Waals surface area contributed by atoms with Crippen molar-refractivity contribution in [1.29, 1.82) is 0 Å². The van der Waals surface area contributed by atoms with Gasteiger partial charge in [0.15, 0.2) is 11.5 Å². The largest absolute Gasteiger partial charge is 0.493 e. The number of benzene rings is 1. The molecule has 0 fully saturated rings. The van der Waals surface area contributed by atoms with Crippen LogP contribution in [0.2, 0.25) is 0 Å². The zero-order valence-corrected chi connectivity index (χ0v) is 12.5. The van der Waals surface area contributed by atoms with Crippen LogP contribution in [-0.4, -0.2) is 19.8 Å². The Morgan fingerprint density at radius 2 is 2.00 bits per heavy atom. The van der Waals surface area contributed by atoms with E-state index in [9.17, 15) is 0 Å². The molecule has 4 heteroatoms. The van der Waals surface area contributed by atoms with Crippen LogP contribution in [0.1, 0.15) is 32.8 Å². The van der Waals surface area contributed by atoms with Crippen molar-refractivity contribution < 1.29 is 9.47 Å². The van der Waals surface area contributed by atoms with Gasteiger partial charge in [0.25, 0.3) is 0 Å². The van der Waals surface area contributed by atoms with Crippen molar-refractivity contribution in [2.75, 3.05) is 13.7 Å². The lowest BCUT2D eigenvalue weighted by Crippen LogP contribution is -2.24. The van der Waals surface area contributed by atoms with Gasteiger partial charge in [-0.15, -0.1) is 12.4 Å². The Morgan fingerprint density at radius 1 is 1.28 bits per heavy atom. The summed E-state index contributed by atoms with van der Waals surface area (Å²) in [5.41, 5.74) is 1.14. The van der Waals surface area contributed by atoms with Crippen LogP contribution in [0.15, 0.2) is 18.2 Å². The van der Waals surface area contributed by atoms with Crippen LogP contribution in [0.25, 0.3) is 0 Å². The van der Waals surface area contributed by atoms with Gasteiger partial charge in [-0.2, -0.15) is 0 Å². The molecule has 1 rings (SSSR count). The number of ether oxygens (including phenoxy) is 2. The maximum Gasteiger partial charge on any atom is 0.165 e. The summed E-state index contributed by atoms with van der Waals surface area (Å²) in [6, 6.07) is 6.51. The Balaban J connectivity index is 0.00000289. The fourth-order valence-corrected chi connectivity index (χ4v) is 1.60. The monoisotopic (exact) mass is 273 g/mol. The van der Waals surface area contributed by atoms with Crippen molar-refractivity contribution >= 4 is 12.4 Å². The fourth-order valence-electron chi connectivity index (χ4n) is 1.60. The van der Waals surface area contributed by atoms with Gasteiger partial charge in [0.1, 0.15) is 0 Å². The van der Waals surface area contributed by atoms with Crippen LogP contribution in [0.5, 0.6) is 11.5 Å². The van der Waals surface area contributed by atoms with Crippen molar-refractivity contribution in [3.05, 3.63) is 23.8 Å². The number of hydrogen-bond acceptors (Lipinski definition) is 3. The van der Waals surface area contributed by atoms with Crippen LogP contribution in [0.3, 0.4) is 0 Å². The molecule has 1 aromatic carbocycles. The second-order valence-electron chi connectivity index (χ2n) is 4.07. The minimum atomic E-state index is 0. The first-order chi connectivity index (χ1) is 8.22. The molecule has 0 saturated carbocycles. The lowest BCUT2D eigenvalue weighted by molar-refractivity contribution is 0.306. The molecule has 1 N–H and O–H groups in total. The molecular formula is C14H24ClNO2. The standard InChI is InChI=1S/C14H23NO2.ClH/c1-5-11(3)15-10-12-8-7-9-13(16-4)14(12)17-6-2;/h7-9,11,15H,5-6,10H2,1-4H3;1H. The Kier molecular flexibility index (Phi) is 8.59. The Labute approximate surface area is 116 Å². The third kappa shape index (κ3) is 4.75. The average Bonchev–Trinajstić information content (AvgIpc) is 2.37. The summed E-state index contributed by atoms with van der Waals surface area (Å²) in [5.74, 6) is 1.66. The van der Waals surface area contributed by atoms with Crippen molar-refractivity contribution in [2.24, 2.45) is 0 Å². The van der Waals surface area contributed by atoms with Crippen LogP contribution < -0.4 is 14.8 Å². The highest BCUT2D eigenvalue weighted by Crippen LogP contribution is 2.31. The highest BCUT2D eigenvalue weighted by molar-refractivity contribution is 5.85. The molecule has 104 valence electrons. The summed E-state index contributed by atoms with van der Waals surface area (Å²) in [5, 5.41) is 3.46. The quantitative estimate of drug-likeness (QED) is 0.826. The predicted octanol–water partition coefficient (Wildman–Crippen LogP) is 3.40. The van der Waals surface area contributed by atoms with E-state index < -0.39 is 0 Å². The second kappa shape index (κ2) is 9.06. The van der Waals surface area contributed by atoms with Crippen LogP contribution >= 0.6 is 12.4 Å². The van der Waals surface area contributed by atoms with Crippen molar-refractivity contribution in [3.8, 4) is 11.5 Å². The SMILES string of the molecule is CCOc1c(CNC(C)CC)cccc1OC.Cl. The van der Waals surface area contributed by atoms with E-state index in [-0.39, 0.29) is 12.4 Å². The summed E-state index contributed by atoms with van der Waals surface area (Å²) >= 11 is 0. The van der Waals surface area contributed by atoms with E-state index in [1.54, 1.807) is 7.11 Å². The Bertz CT molecular complexity index is 345. The zero-order valence-electron chi connectivity index (χ0n) is 11.7. The molecule has 0 amide bonds. The van der Waals surface area contributed by atoms with E-state index in [1.807, 2.05) is 19.1 Å². The molecule has 1 aromatic rings. The molecule has 0 radical (unpaired) electrons. The van der Waals surface area contributed by atoms with Crippen LogP contribution in [0, 0.1) is 0 Å². The number of nitrogens with one attached hydrogen (secondary N) is 1. The summed E-state index contributed by atoms with van der Waals surface area (Å²) in [6.45, 7) is 7.80. The van der Waals surface area contributed by atoms with E-state index in [0.717, 1.165) is 30.0 Å². The maximum absolute atomic E-state index is 5.66. The summed E-state index contributed by atoms with van der Waals surface area (Å²) in [4.78, 5) is 0. The maximum atomic E-state index is 5.66. The van der Waals surface area contributed by atoms with Gasteiger partial charge in [0, 0.05) is 18.2 Å². The molecule has 0 aliphatic carbocycles. The molecule has 0 aliphatic rings. The first-order valence-electron chi connectivity index (χ1n) is 6.24. The molecule has 1 unspecified atom stereocenters. The molecule has 0 heterocycles. The minimum Gasteiger partial charge on any atom is -0.493 e. The minimum absolute atomic E-state index is 0. The first kappa shape index (κ1) is 17.1. The van der Waals surface area contributed by atoms with Crippen LogP contribution in [0.4, 0.5) is 0 Å². The van der Waals surface area contributed by atoms with Crippen molar-refractivity contribution in [2.45, 2.75) is 39.8 Å². The number of para-hydroxylation sites is 1. The van der Waals surface area contributed by atoms with E-state index in [1.165, 1.54) is 0 Å². The van der Waals surface area contributed by atoms with Crippen molar-refractivity contribution in [1.82, 2.24) is 5.32 Å². The lowest BCUT2D eigenvalue weighted by Gasteiger charge is -2.16. The van der Waals surface area contributed by atoms with Gasteiger partial charge in [0.05, 0.1) is 13.7 Å². The number of methoxy groups -OCH3 is 1. The Hall–Kier alpha value is -0.930. The third-order valence-electron chi connectivity index (χ3n) is 2.82. The topological polar surface area (TPSA) is 30.5 Å². The van der Waals surface area contributed by atoms with Gasteiger partial charge in [-0.05, 0) is 26.3 Å². The summed E-state index contributed by atoms with van der Waals surface area (Å²) in [7, 11) is 1.67.